The van der Waals surface area contributed by atoms with Gasteiger partial charge in [0.2, 0.25) is 0 Å². The van der Waals surface area contributed by atoms with Crippen LogP contribution in [0.3, 0.4) is 0 Å². The van der Waals surface area contributed by atoms with Crippen LogP contribution in [0.15, 0.2) is 0 Å². The predicted molar refractivity (Wildman–Crippen MR) is 63.0 cm³/mol. The third-order valence-electron chi connectivity index (χ3n) is 4.15. The van der Waals surface area contributed by atoms with Gasteiger partial charge in [0.1, 0.15) is 0 Å². The zero-order valence-corrected chi connectivity index (χ0v) is 10.0. The maximum Gasteiger partial charge on any atom is 0.0469 e. The molecule has 2 nitrogen and oxygen atoms in total. The van der Waals surface area contributed by atoms with E-state index < -0.39 is 0 Å². The highest BCUT2D eigenvalue weighted by Gasteiger charge is 2.23. The second-order valence-corrected chi connectivity index (χ2v) is 5.25. The molecule has 2 aliphatic rings. The van der Waals surface area contributed by atoms with E-state index in [2.05, 4.69) is 12.2 Å². The first-order chi connectivity index (χ1) is 7.38. The van der Waals surface area contributed by atoms with E-state index in [-0.39, 0.29) is 0 Å². The number of hydrogen-bond donors (Lipinski definition) is 1. The van der Waals surface area contributed by atoms with Crippen molar-refractivity contribution in [2.24, 2.45) is 11.8 Å². The molecule has 1 N–H and O–H groups in total. The Morgan fingerprint density at radius 3 is 2.53 bits per heavy atom. The minimum absolute atomic E-state index is 0.817. The molecule has 2 unspecified atom stereocenters. The van der Waals surface area contributed by atoms with Gasteiger partial charge in [-0.2, -0.15) is 0 Å². The van der Waals surface area contributed by atoms with Crippen LogP contribution in [0.1, 0.15) is 45.4 Å². The molecule has 1 heterocycles. The second-order valence-electron chi connectivity index (χ2n) is 5.25. The summed E-state index contributed by atoms with van der Waals surface area (Å²) < 4.78 is 5.38. The van der Waals surface area contributed by atoms with Crippen molar-refractivity contribution in [1.82, 2.24) is 5.32 Å². The first-order valence-electron chi connectivity index (χ1n) is 6.69. The summed E-state index contributed by atoms with van der Waals surface area (Å²) in [5.74, 6) is 1.87. The molecule has 1 aliphatic carbocycles. The van der Waals surface area contributed by atoms with E-state index >= 15 is 0 Å². The Balaban J connectivity index is 1.61. The van der Waals surface area contributed by atoms with Gasteiger partial charge in [-0.15, -0.1) is 0 Å². The fraction of sp³-hybridized carbons (Fsp3) is 1.00. The van der Waals surface area contributed by atoms with E-state index in [9.17, 15) is 0 Å². The standard InChI is InChI=1S/C13H25NO/c1-2-11-3-4-13(9-11)14-10-12-5-7-15-8-6-12/h11-14H,2-10H2,1H3. The van der Waals surface area contributed by atoms with Gasteiger partial charge >= 0.3 is 0 Å². The Hall–Kier alpha value is -0.0800. The summed E-state index contributed by atoms with van der Waals surface area (Å²) in [6, 6.07) is 0.817. The molecule has 0 amide bonds. The van der Waals surface area contributed by atoms with Crippen molar-refractivity contribution in [3.05, 3.63) is 0 Å². The van der Waals surface area contributed by atoms with Crippen molar-refractivity contribution < 1.29 is 4.74 Å². The Labute approximate surface area is 93.8 Å². The summed E-state index contributed by atoms with van der Waals surface area (Å²) in [5.41, 5.74) is 0. The molecule has 2 heteroatoms. The number of nitrogens with one attached hydrogen (secondary N) is 1. The normalized spacial score (nSPS) is 33.4. The van der Waals surface area contributed by atoms with E-state index in [0.717, 1.165) is 31.1 Å². The Morgan fingerprint density at radius 2 is 1.87 bits per heavy atom. The van der Waals surface area contributed by atoms with Gasteiger partial charge in [-0.25, -0.2) is 0 Å². The monoisotopic (exact) mass is 211 g/mol. The van der Waals surface area contributed by atoms with Gasteiger partial charge in [-0.1, -0.05) is 13.3 Å². The average Bonchev–Trinajstić information content (AvgIpc) is 2.76. The molecule has 0 spiro atoms. The van der Waals surface area contributed by atoms with Crippen molar-refractivity contribution in [3.8, 4) is 0 Å². The molecule has 0 bridgehead atoms. The van der Waals surface area contributed by atoms with Crippen molar-refractivity contribution >= 4 is 0 Å². The maximum atomic E-state index is 5.38. The Kier molecular flexibility index (Phi) is 4.45. The first-order valence-corrected chi connectivity index (χ1v) is 6.69. The van der Waals surface area contributed by atoms with Gasteiger partial charge in [0.05, 0.1) is 0 Å². The lowest BCUT2D eigenvalue weighted by atomic mass is 10.00. The Bertz CT molecular complexity index is 177. The molecule has 2 rings (SSSR count). The third kappa shape index (κ3) is 3.46. The molecule has 1 aliphatic heterocycles. The van der Waals surface area contributed by atoms with Crippen LogP contribution >= 0.6 is 0 Å². The largest absolute Gasteiger partial charge is 0.381 e. The van der Waals surface area contributed by atoms with Gasteiger partial charge in [0, 0.05) is 19.3 Å². The fourth-order valence-corrected chi connectivity index (χ4v) is 2.92. The Morgan fingerprint density at radius 1 is 1.07 bits per heavy atom. The highest BCUT2D eigenvalue weighted by molar-refractivity contribution is 4.81. The van der Waals surface area contributed by atoms with Crippen LogP contribution in [0.4, 0.5) is 0 Å². The number of rotatable bonds is 4. The zero-order valence-electron chi connectivity index (χ0n) is 10.0. The van der Waals surface area contributed by atoms with Gasteiger partial charge < -0.3 is 10.1 Å². The maximum absolute atomic E-state index is 5.38. The summed E-state index contributed by atoms with van der Waals surface area (Å²) in [6.07, 6.45) is 8.16. The molecular formula is C13H25NO. The zero-order chi connectivity index (χ0) is 10.5. The topological polar surface area (TPSA) is 21.3 Å². The summed E-state index contributed by atoms with van der Waals surface area (Å²) in [6.45, 7) is 5.51. The molecule has 88 valence electrons. The molecule has 0 aromatic carbocycles. The van der Waals surface area contributed by atoms with Crippen molar-refractivity contribution in [2.75, 3.05) is 19.8 Å². The number of hydrogen-bond acceptors (Lipinski definition) is 2. The van der Waals surface area contributed by atoms with Crippen LogP contribution in [0.5, 0.6) is 0 Å². The molecule has 1 saturated carbocycles. The second kappa shape index (κ2) is 5.86. The van der Waals surface area contributed by atoms with E-state index in [1.54, 1.807) is 0 Å². The highest BCUT2D eigenvalue weighted by Crippen LogP contribution is 2.28. The van der Waals surface area contributed by atoms with Crippen LogP contribution in [0, 0.1) is 11.8 Å². The summed E-state index contributed by atoms with van der Waals surface area (Å²) in [4.78, 5) is 0. The molecule has 0 radical (unpaired) electrons. The van der Waals surface area contributed by atoms with E-state index in [0.29, 0.717) is 0 Å². The van der Waals surface area contributed by atoms with Crippen molar-refractivity contribution in [2.45, 2.75) is 51.5 Å². The van der Waals surface area contributed by atoms with E-state index in [1.807, 2.05) is 0 Å². The minimum atomic E-state index is 0.817. The van der Waals surface area contributed by atoms with Gasteiger partial charge in [-0.05, 0) is 50.5 Å². The van der Waals surface area contributed by atoms with E-state index in [1.165, 1.54) is 45.1 Å². The van der Waals surface area contributed by atoms with Crippen LogP contribution in [0.2, 0.25) is 0 Å². The van der Waals surface area contributed by atoms with E-state index in [4.69, 9.17) is 4.74 Å². The lowest BCUT2D eigenvalue weighted by Crippen LogP contribution is -2.33. The quantitative estimate of drug-likeness (QED) is 0.771. The van der Waals surface area contributed by atoms with Crippen LogP contribution < -0.4 is 5.32 Å². The molecule has 0 aromatic rings. The predicted octanol–water partition coefficient (Wildman–Crippen LogP) is 2.58. The van der Waals surface area contributed by atoms with Crippen molar-refractivity contribution in [3.63, 3.8) is 0 Å². The molecular weight excluding hydrogens is 186 g/mol. The van der Waals surface area contributed by atoms with Crippen molar-refractivity contribution in [1.29, 1.82) is 0 Å². The number of ether oxygens (including phenoxy) is 1. The third-order valence-corrected chi connectivity index (χ3v) is 4.15. The lowest BCUT2D eigenvalue weighted by Gasteiger charge is -2.24. The average molecular weight is 211 g/mol. The first kappa shape index (κ1) is 11.4. The van der Waals surface area contributed by atoms with Crippen LogP contribution in [-0.4, -0.2) is 25.8 Å². The van der Waals surface area contributed by atoms with Gasteiger partial charge in [0.25, 0.3) is 0 Å². The van der Waals surface area contributed by atoms with Gasteiger partial charge in [-0.3, -0.25) is 0 Å². The summed E-state index contributed by atoms with van der Waals surface area (Å²) >= 11 is 0. The fourth-order valence-electron chi connectivity index (χ4n) is 2.92. The lowest BCUT2D eigenvalue weighted by molar-refractivity contribution is 0.0654. The molecule has 0 aromatic heterocycles. The van der Waals surface area contributed by atoms with Gasteiger partial charge in [0.15, 0.2) is 0 Å². The molecule has 2 fully saturated rings. The SMILES string of the molecule is CCC1CCC(NCC2CCOCC2)C1. The summed E-state index contributed by atoms with van der Waals surface area (Å²) in [7, 11) is 0. The van der Waals surface area contributed by atoms with Crippen LogP contribution in [-0.2, 0) is 4.74 Å². The smallest absolute Gasteiger partial charge is 0.0469 e. The molecule has 1 saturated heterocycles. The molecule has 15 heavy (non-hydrogen) atoms. The summed E-state index contributed by atoms with van der Waals surface area (Å²) in [5, 5.41) is 3.76. The molecule has 2 atom stereocenters. The highest BCUT2D eigenvalue weighted by atomic mass is 16.5. The van der Waals surface area contributed by atoms with Crippen LogP contribution in [0.25, 0.3) is 0 Å². The minimum Gasteiger partial charge on any atom is -0.381 e.